The number of hydrogen-bond acceptors (Lipinski definition) is 3. The predicted octanol–water partition coefficient (Wildman–Crippen LogP) is 3.89. The van der Waals surface area contributed by atoms with Crippen molar-refractivity contribution in [1.29, 1.82) is 0 Å². The Morgan fingerprint density at radius 1 is 1.04 bits per heavy atom. The SMILES string of the molecule is COc1ccc(C=CC2=NN(Cc3ccccc3)C(=O)CC2)cc1. The number of benzene rings is 2. The van der Waals surface area contributed by atoms with E-state index in [2.05, 4.69) is 5.10 Å². The molecule has 122 valence electrons. The van der Waals surface area contributed by atoms with Crippen molar-refractivity contribution >= 4 is 17.7 Å². The van der Waals surface area contributed by atoms with Crippen LogP contribution in [0.1, 0.15) is 24.0 Å². The van der Waals surface area contributed by atoms with Gasteiger partial charge in [-0.2, -0.15) is 5.10 Å². The second-order valence-corrected chi connectivity index (χ2v) is 5.63. The first-order chi connectivity index (χ1) is 11.7. The first-order valence-corrected chi connectivity index (χ1v) is 7.98. The Morgan fingerprint density at radius 3 is 2.50 bits per heavy atom. The topological polar surface area (TPSA) is 41.9 Å². The lowest BCUT2D eigenvalue weighted by atomic mass is 10.1. The van der Waals surface area contributed by atoms with E-state index in [1.165, 1.54) is 0 Å². The highest BCUT2D eigenvalue weighted by molar-refractivity contribution is 6.02. The van der Waals surface area contributed by atoms with Gasteiger partial charge < -0.3 is 4.74 Å². The molecule has 0 bridgehead atoms. The molecule has 24 heavy (non-hydrogen) atoms. The van der Waals surface area contributed by atoms with E-state index in [0.29, 0.717) is 19.4 Å². The van der Waals surface area contributed by atoms with Gasteiger partial charge in [0.25, 0.3) is 0 Å². The Balaban J connectivity index is 1.71. The van der Waals surface area contributed by atoms with Crippen LogP contribution in [0.3, 0.4) is 0 Å². The number of ether oxygens (including phenoxy) is 1. The van der Waals surface area contributed by atoms with E-state index < -0.39 is 0 Å². The largest absolute Gasteiger partial charge is 0.497 e. The summed E-state index contributed by atoms with van der Waals surface area (Å²) in [5.74, 6) is 0.905. The lowest BCUT2D eigenvalue weighted by Crippen LogP contribution is -2.30. The molecule has 0 aromatic heterocycles. The Bertz CT molecular complexity index is 749. The highest BCUT2D eigenvalue weighted by Crippen LogP contribution is 2.16. The monoisotopic (exact) mass is 320 g/mol. The molecule has 1 heterocycles. The van der Waals surface area contributed by atoms with Gasteiger partial charge in [-0.05, 0) is 29.3 Å². The molecular formula is C20H20N2O2. The fourth-order valence-electron chi connectivity index (χ4n) is 2.53. The minimum atomic E-state index is 0.0699. The number of hydrazone groups is 1. The third-order valence-electron chi connectivity index (χ3n) is 3.89. The maximum Gasteiger partial charge on any atom is 0.243 e. The molecule has 0 saturated carbocycles. The number of methoxy groups -OCH3 is 1. The van der Waals surface area contributed by atoms with Gasteiger partial charge in [0, 0.05) is 12.8 Å². The number of carbonyl (C=O) groups excluding carboxylic acids is 1. The lowest BCUT2D eigenvalue weighted by Gasteiger charge is -2.22. The fraction of sp³-hybridized carbons (Fsp3) is 0.200. The van der Waals surface area contributed by atoms with E-state index in [4.69, 9.17) is 4.74 Å². The lowest BCUT2D eigenvalue weighted by molar-refractivity contribution is -0.132. The highest BCUT2D eigenvalue weighted by Gasteiger charge is 2.19. The normalized spacial score (nSPS) is 14.8. The van der Waals surface area contributed by atoms with Crippen LogP contribution >= 0.6 is 0 Å². The van der Waals surface area contributed by atoms with E-state index in [9.17, 15) is 4.79 Å². The molecule has 0 aliphatic carbocycles. The first-order valence-electron chi connectivity index (χ1n) is 7.98. The van der Waals surface area contributed by atoms with E-state index >= 15 is 0 Å². The summed E-state index contributed by atoms with van der Waals surface area (Å²) in [4.78, 5) is 12.1. The zero-order valence-corrected chi connectivity index (χ0v) is 13.7. The number of carbonyl (C=O) groups is 1. The third-order valence-corrected chi connectivity index (χ3v) is 3.89. The van der Waals surface area contributed by atoms with Crippen LogP contribution in [0.5, 0.6) is 5.75 Å². The molecule has 0 fully saturated rings. The standard InChI is InChI=1S/C20H20N2O2/c1-24-19-12-8-16(9-13-19)7-10-18-11-14-20(23)22(21-18)15-17-5-3-2-4-6-17/h2-10,12-13H,11,14-15H2,1H3. The van der Waals surface area contributed by atoms with Crippen LogP contribution < -0.4 is 4.74 Å². The van der Waals surface area contributed by atoms with Gasteiger partial charge >= 0.3 is 0 Å². The molecule has 1 amide bonds. The Labute approximate surface area is 142 Å². The Hall–Kier alpha value is -2.88. The van der Waals surface area contributed by atoms with Gasteiger partial charge in [0.15, 0.2) is 0 Å². The van der Waals surface area contributed by atoms with Crippen molar-refractivity contribution in [3.63, 3.8) is 0 Å². The average molecular weight is 320 g/mol. The van der Waals surface area contributed by atoms with Crippen LogP contribution in [0, 0.1) is 0 Å². The van der Waals surface area contributed by atoms with Crippen LogP contribution in [-0.4, -0.2) is 23.7 Å². The molecule has 0 atom stereocenters. The minimum Gasteiger partial charge on any atom is -0.497 e. The second kappa shape index (κ2) is 7.59. The van der Waals surface area contributed by atoms with Crippen molar-refractivity contribution in [1.82, 2.24) is 5.01 Å². The summed E-state index contributed by atoms with van der Waals surface area (Å²) in [5.41, 5.74) is 3.07. The summed E-state index contributed by atoms with van der Waals surface area (Å²) in [6.07, 6.45) is 5.16. The summed E-state index contributed by atoms with van der Waals surface area (Å²) in [5, 5.41) is 6.06. The van der Waals surface area contributed by atoms with Crippen molar-refractivity contribution in [2.24, 2.45) is 5.10 Å². The predicted molar refractivity (Wildman–Crippen MR) is 95.7 cm³/mol. The molecule has 4 heteroatoms. The number of hydrogen-bond donors (Lipinski definition) is 0. The van der Waals surface area contributed by atoms with Gasteiger partial charge in [-0.15, -0.1) is 0 Å². The van der Waals surface area contributed by atoms with Gasteiger partial charge in [0.1, 0.15) is 5.75 Å². The van der Waals surface area contributed by atoms with Crippen molar-refractivity contribution in [3.8, 4) is 5.75 Å². The molecule has 0 unspecified atom stereocenters. The summed E-state index contributed by atoms with van der Waals surface area (Å²) >= 11 is 0. The molecule has 3 rings (SSSR count). The van der Waals surface area contributed by atoms with Crippen LogP contribution in [0.2, 0.25) is 0 Å². The van der Waals surface area contributed by atoms with Crippen LogP contribution in [-0.2, 0) is 11.3 Å². The summed E-state index contributed by atoms with van der Waals surface area (Å²) < 4.78 is 5.15. The van der Waals surface area contributed by atoms with Gasteiger partial charge in [-0.1, -0.05) is 48.5 Å². The summed E-state index contributed by atoms with van der Waals surface area (Å²) in [7, 11) is 1.65. The maximum atomic E-state index is 12.1. The van der Waals surface area contributed by atoms with E-state index in [1.807, 2.05) is 66.7 Å². The van der Waals surface area contributed by atoms with Crippen LogP contribution in [0.25, 0.3) is 6.08 Å². The molecule has 0 radical (unpaired) electrons. The maximum absolute atomic E-state index is 12.1. The van der Waals surface area contributed by atoms with Gasteiger partial charge in [-0.3, -0.25) is 4.79 Å². The number of nitrogens with zero attached hydrogens (tertiary/aromatic N) is 2. The van der Waals surface area contributed by atoms with Crippen LogP contribution in [0.15, 0.2) is 65.8 Å². The Kier molecular flexibility index (Phi) is 5.06. The molecule has 2 aromatic carbocycles. The Morgan fingerprint density at radius 2 is 1.79 bits per heavy atom. The molecular weight excluding hydrogens is 300 g/mol. The summed E-state index contributed by atoms with van der Waals surface area (Å²) in [6.45, 7) is 0.513. The van der Waals surface area contributed by atoms with E-state index in [0.717, 1.165) is 22.6 Å². The number of amides is 1. The molecule has 0 N–H and O–H groups in total. The van der Waals surface area contributed by atoms with E-state index in [1.54, 1.807) is 12.1 Å². The molecule has 4 nitrogen and oxygen atoms in total. The van der Waals surface area contributed by atoms with E-state index in [-0.39, 0.29) is 5.91 Å². The molecule has 0 saturated heterocycles. The molecule has 0 spiro atoms. The molecule has 1 aliphatic heterocycles. The van der Waals surface area contributed by atoms with Crippen molar-refractivity contribution in [2.75, 3.05) is 7.11 Å². The zero-order valence-electron chi connectivity index (χ0n) is 13.7. The number of allylic oxidation sites excluding steroid dienone is 1. The average Bonchev–Trinajstić information content (AvgIpc) is 2.63. The smallest absolute Gasteiger partial charge is 0.243 e. The first kappa shape index (κ1) is 16.0. The third kappa shape index (κ3) is 4.10. The highest BCUT2D eigenvalue weighted by atomic mass is 16.5. The molecule has 2 aromatic rings. The quantitative estimate of drug-likeness (QED) is 0.839. The van der Waals surface area contributed by atoms with Crippen LogP contribution in [0.4, 0.5) is 0 Å². The van der Waals surface area contributed by atoms with Crippen molar-refractivity contribution in [2.45, 2.75) is 19.4 Å². The zero-order chi connectivity index (χ0) is 16.8. The second-order valence-electron chi connectivity index (χ2n) is 5.63. The minimum absolute atomic E-state index is 0.0699. The van der Waals surface area contributed by atoms with Gasteiger partial charge in [-0.25, -0.2) is 5.01 Å². The summed E-state index contributed by atoms with van der Waals surface area (Å²) in [6, 6.07) is 17.7. The molecule has 1 aliphatic rings. The van der Waals surface area contributed by atoms with Crippen molar-refractivity contribution in [3.05, 3.63) is 71.8 Å². The number of rotatable bonds is 5. The fourth-order valence-corrected chi connectivity index (χ4v) is 2.53. The van der Waals surface area contributed by atoms with Crippen molar-refractivity contribution < 1.29 is 9.53 Å². The van der Waals surface area contributed by atoms with Gasteiger partial charge in [0.2, 0.25) is 5.91 Å². The van der Waals surface area contributed by atoms with Gasteiger partial charge in [0.05, 0.1) is 19.4 Å².